The number of hydrogen-bond acceptors (Lipinski definition) is 4. The first-order valence-electron chi connectivity index (χ1n) is 8.90. The zero-order chi connectivity index (χ0) is 16.2. The van der Waals surface area contributed by atoms with E-state index in [-0.39, 0.29) is 17.7 Å². The van der Waals surface area contributed by atoms with Crippen LogP contribution in [0.5, 0.6) is 0 Å². The van der Waals surface area contributed by atoms with E-state index in [4.69, 9.17) is 5.84 Å². The number of carbonyl (C=O) groups is 1. The summed E-state index contributed by atoms with van der Waals surface area (Å²) >= 11 is 0. The van der Waals surface area contributed by atoms with Crippen molar-refractivity contribution in [1.82, 2.24) is 9.91 Å². The molecule has 5 heteroatoms. The number of amides is 1. The van der Waals surface area contributed by atoms with Gasteiger partial charge in [-0.15, -0.1) is 0 Å². The highest BCUT2D eigenvalue weighted by molar-refractivity contribution is 5.78. The second-order valence-corrected chi connectivity index (χ2v) is 7.59. The minimum atomic E-state index is -0.811. The lowest BCUT2D eigenvalue weighted by molar-refractivity contribution is -0.144. The zero-order valence-electron chi connectivity index (χ0n) is 14.3. The van der Waals surface area contributed by atoms with E-state index < -0.39 is 5.60 Å². The van der Waals surface area contributed by atoms with Crippen LogP contribution in [-0.2, 0) is 4.79 Å². The molecule has 1 saturated carbocycles. The summed E-state index contributed by atoms with van der Waals surface area (Å²) < 4.78 is 0. The van der Waals surface area contributed by atoms with Crippen molar-refractivity contribution >= 4 is 5.91 Å². The molecule has 1 aliphatic carbocycles. The van der Waals surface area contributed by atoms with E-state index in [1.54, 1.807) is 0 Å². The van der Waals surface area contributed by atoms with Gasteiger partial charge in [0.25, 0.3) is 0 Å². The molecule has 0 aromatic rings. The normalized spacial score (nSPS) is 27.6. The van der Waals surface area contributed by atoms with Gasteiger partial charge in [-0.2, -0.15) is 0 Å². The predicted molar refractivity (Wildman–Crippen MR) is 87.9 cm³/mol. The van der Waals surface area contributed by atoms with Crippen LogP contribution in [0.1, 0.15) is 58.8 Å². The third kappa shape index (κ3) is 4.67. The first-order chi connectivity index (χ1) is 10.4. The molecule has 0 spiro atoms. The highest BCUT2D eigenvalue weighted by atomic mass is 16.3. The Labute approximate surface area is 134 Å². The zero-order valence-corrected chi connectivity index (χ0v) is 14.3. The number of aliphatic hydroxyl groups is 1. The molecule has 22 heavy (non-hydrogen) atoms. The number of hydrazine groups is 1. The van der Waals surface area contributed by atoms with Crippen LogP contribution in [-0.4, -0.2) is 52.7 Å². The Kier molecular flexibility index (Phi) is 6.24. The number of nitrogens with zero attached hydrogens (tertiary/aromatic N) is 2. The largest absolute Gasteiger partial charge is 0.390 e. The molecule has 5 nitrogen and oxygen atoms in total. The summed E-state index contributed by atoms with van der Waals surface area (Å²) in [5, 5.41) is 11.8. The monoisotopic (exact) mass is 311 g/mol. The molecule has 1 saturated heterocycles. The van der Waals surface area contributed by atoms with Crippen molar-refractivity contribution in [2.75, 3.05) is 26.2 Å². The van der Waals surface area contributed by atoms with Crippen LogP contribution < -0.4 is 5.84 Å². The molecule has 1 amide bonds. The van der Waals surface area contributed by atoms with Crippen LogP contribution in [0.4, 0.5) is 0 Å². The lowest BCUT2D eigenvalue weighted by Crippen LogP contribution is -2.51. The van der Waals surface area contributed by atoms with Gasteiger partial charge in [0.1, 0.15) is 0 Å². The topological polar surface area (TPSA) is 69.8 Å². The number of likely N-dealkylation sites (tertiary alicyclic amines) is 1. The van der Waals surface area contributed by atoms with E-state index in [0.717, 1.165) is 45.3 Å². The molecule has 2 atom stereocenters. The number of nitrogens with two attached hydrogens (primary N) is 1. The Morgan fingerprint density at radius 1 is 1.18 bits per heavy atom. The molecule has 1 heterocycles. The predicted octanol–water partition coefficient (Wildman–Crippen LogP) is 1.75. The molecule has 2 fully saturated rings. The second kappa shape index (κ2) is 7.75. The van der Waals surface area contributed by atoms with Crippen molar-refractivity contribution in [3.05, 3.63) is 0 Å². The van der Waals surface area contributed by atoms with Gasteiger partial charge in [-0.25, -0.2) is 5.84 Å². The molecular formula is C17H33N3O2. The maximum atomic E-state index is 12.7. The van der Waals surface area contributed by atoms with Crippen LogP contribution in [0, 0.1) is 11.8 Å². The average Bonchev–Trinajstić information content (AvgIpc) is 2.52. The molecular weight excluding hydrogens is 278 g/mol. The Morgan fingerprint density at radius 2 is 1.82 bits per heavy atom. The van der Waals surface area contributed by atoms with Gasteiger partial charge in [-0.1, -0.05) is 19.3 Å². The Balaban J connectivity index is 1.87. The Bertz CT molecular complexity index is 361. The highest BCUT2D eigenvalue weighted by Gasteiger charge is 2.40. The van der Waals surface area contributed by atoms with E-state index in [9.17, 15) is 9.90 Å². The molecule has 0 unspecified atom stereocenters. The molecule has 1 aliphatic heterocycles. The van der Waals surface area contributed by atoms with Gasteiger partial charge in [-0.3, -0.25) is 9.80 Å². The Hall–Kier alpha value is -0.650. The van der Waals surface area contributed by atoms with Gasteiger partial charge < -0.3 is 10.0 Å². The molecule has 0 radical (unpaired) electrons. The summed E-state index contributed by atoms with van der Waals surface area (Å²) in [6.45, 7) is 7.33. The van der Waals surface area contributed by atoms with Crippen molar-refractivity contribution < 1.29 is 9.90 Å². The van der Waals surface area contributed by atoms with Crippen LogP contribution in [0.3, 0.4) is 0 Å². The van der Waals surface area contributed by atoms with Gasteiger partial charge in [-0.05, 0) is 58.5 Å². The average molecular weight is 311 g/mol. The summed E-state index contributed by atoms with van der Waals surface area (Å²) in [4.78, 5) is 15.1. The van der Waals surface area contributed by atoms with Gasteiger partial charge in [0, 0.05) is 19.0 Å². The smallest absolute Gasteiger partial charge is 0.240 e. The molecule has 0 aromatic carbocycles. The van der Waals surface area contributed by atoms with Crippen LogP contribution in [0.25, 0.3) is 0 Å². The van der Waals surface area contributed by atoms with Crippen molar-refractivity contribution in [2.45, 2.75) is 64.4 Å². The third-order valence-electron chi connectivity index (χ3n) is 5.38. The maximum Gasteiger partial charge on any atom is 0.240 e. The number of carbonyl (C=O) groups excluding carboxylic acids is 1. The van der Waals surface area contributed by atoms with Crippen molar-refractivity contribution in [3.63, 3.8) is 0 Å². The Morgan fingerprint density at radius 3 is 2.45 bits per heavy atom. The van der Waals surface area contributed by atoms with Crippen molar-refractivity contribution in [1.29, 1.82) is 0 Å². The van der Waals surface area contributed by atoms with Crippen LogP contribution >= 0.6 is 0 Å². The molecule has 0 bridgehead atoms. The van der Waals surface area contributed by atoms with E-state index in [1.165, 1.54) is 24.3 Å². The van der Waals surface area contributed by atoms with Gasteiger partial charge >= 0.3 is 0 Å². The summed E-state index contributed by atoms with van der Waals surface area (Å²) in [7, 11) is 0. The van der Waals surface area contributed by atoms with E-state index in [2.05, 4.69) is 4.90 Å². The SMILES string of the molecule is CC(C)(O)[C@@H]1CCCC[C@@H]1C(=O)N(N)CCN1CCCCC1. The molecule has 2 rings (SSSR count). The lowest BCUT2D eigenvalue weighted by Gasteiger charge is -2.40. The quantitative estimate of drug-likeness (QED) is 0.461. The molecule has 3 N–H and O–H groups in total. The minimum absolute atomic E-state index is 0.0174. The van der Waals surface area contributed by atoms with E-state index >= 15 is 0 Å². The summed E-state index contributed by atoms with van der Waals surface area (Å²) in [6.07, 6.45) is 7.74. The first kappa shape index (κ1) is 17.7. The molecule has 0 aromatic heterocycles. The highest BCUT2D eigenvalue weighted by Crippen LogP contribution is 2.37. The van der Waals surface area contributed by atoms with E-state index in [1.807, 2.05) is 13.8 Å². The maximum absolute atomic E-state index is 12.7. The lowest BCUT2D eigenvalue weighted by atomic mass is 9.71. The van der Waals surface area contributed by atoms with Crippen LogP contribution in [0.2, 0.25) is 0 Å². The third-order valence-corrected chi connectivity index (χ3v) is 5.38. The summed E-state index contributed by atoms with van der Waals surface area (Å²) in [5.41, 5.74) is -0.811. The van der Waals surface area contributed by atoms with E-state index in [0.29, 0.717) is 6.54 Å². The first-order valence-corrected chi connectivity index (χ1v) is 8.90. The van der Waals surface area contributed by atoms with Crippen molar-refractivity contribution in [2.24, 2.45) is 17.7 Å². The summed E-state index contributed by atoms with van der Waals surface area (Å²) in [6, 6.07) is 0. The van der Waals surface area contributed by atoms with Crippen molar-refractivity contribution in [3.8, 4) is 0 Å². The van der Waals surface area contributed by atoms with Crippen LogP contribution in [0.15, 0.2) is 0 Å². The van der Waals surface area contributed by atoms with Gasteiger partial charge in [0.05, 0.1) is 5.60 Å². The van der Waals surface area contributed by atoms with Gasteiger partial charge in [0.15, 0.2) is 0 Å². The summed E-state index contributed by atoms with van der Waals surface area (Å²) in [5.74, 6) is 5.96. The fourth-order valence-electron chi connectivity index (χ4n) is 4.03. The minimum Gasteiger partial charge on any atom is -0.390 e. The number of piperidine rings is 1. The second-order valence-electron chi connectivity index (χ2n) is 7.59. The standard InChI is InChI=1S/C17H33N3O2/c1-17(2,22)15-9-5-4-8-14(15)16(21)20(18)13-12-19-10-6-3-7-11-19/h14-15,22H,3-13,18H2,1-2H3/t14-,15+/m0/s1. The van der Waals surface area contributed by atoms with Gasteiger partial charge in [0.2, 0.25) is 5.91 Å². The number of hydrogen-bond donors (Lipinski definition) is 2. The fourth-order valence-corrected chi connectivity index (χ4v) is 4.03. The fraction of sp³-hybridized carbons (Fsp3) is 0.941. The molecule has 2 aliphatic rings. The number of rotatable bonds is 5. The molecule has 128 valence electrons.